The van der Waals surface area contributed by atoms with Gasteiger partial charge in [0.1, 0.15) is 0 Å². The molecule has 0 radical (unpaired) electrons. The number of halogens is 3. The van der Waals surface area contributed by atoms with Gasteiger partial charge in [-0.2, -0.15) is 13.2 Å². The van der Waals surface area contributed by atoms with E-state index < -0.39 is 26.7 Å². The number of nitrogens with zero attached hydrogens (tertiary/aromatic N) is 1. The minimum Gasteiger partial charge on any atom is -0.249 e. The molecule has 0 bridgehead atoms. The van der Waals surface area contributed by atoms with E-state index in [9.17, 15) is 21.6 Å². The summed E-state index contributed by atoms with van der Waals surface area (Å²) in [6.45, 7) is 0. The molecule has 2 rings (SSSR count). The maximum Gasteiger partial charge on any atom is 0.416 e. The Morgan fingerprint density at radius 3 is 2.17 bits per heavy atom. The molecular formula is C11H8F3NO2S. The van der Waals surface area contributed by atoms with Crippen LogP contribution in [-0.2, 0) is 16.2 Å². The molecule has 0 N–H and O–H groups in total. The summed E-state index contributed by atoms with van der Waals surface area (Å²) >= 11 is 0. The molecular weight excluding hydrogens is 267 g/mol. The summed E-state index contributed by atoms with van der Waals surface area (Å²) in [7, 11) is -3.96. The molecule has 1 heterocycles. The van der Waals surface area contributed by atoms with E-state index in [4.69, 9.17) is 0 Å². The van der Waals surface area contributed by atoms with Crippen LogP contribution in [-0.4, -0.2) is 12.4 Å². The fourth-order valence-corrected chi connectivity index (χ4v) is 2.66. The third kappa shape index (κ3) is 2.26. The van der Waals surface area contributed by atoms with Crippen LogP contribution >= 0.6 is 0 Å². The monoisotopic (exact) mass is 275 g/mol. The number of hydrogen-bond acceptors (Lipinski definition) is 2. The molecule has 0 saturated heterocycles. The van der Waals surface area contributed by atoms with Crippen molar-refractivity contribution in [3.63, 3.8) is 0 Å². The van der Waals surface area contributed by atoms with Crippen LogP contribution in [0.1, 0.15) is 5.56 Å². The van der Waals surface area contributed by atoms with E-state index in [1.807, 2.05) is 0 Å². The number of aromatic nitrogens is 1. The zero-order valence-electron chi connectivity index (χ0n) is 8.92. The fraction of sp³-hybridized carbons (Fsp3) is 0.0909. The van der Waals surface area contributed by atoms with Gasteiger partial charge in [0.25, 0.3) is 10.0 Å². The molecule has 1 aromatic heterocycles. The average molecular weight is 275 g/mol. The second kappa shape index (κ2) is 4.16. The van der Waals surface area contributed by atoms with Crippen molar-refractivity contribution in [1.29, 1.82) is 0 Å². The lowest BCUT2D eigenvalue weighted by Crippen LogP contribution is -2.12. The van der Waals surface area contributed by atoms with Gasteiger partial charge >= 0.3 is 6.18 Å². The van der Waals surface area contributed by atoms with Crippen molar-refractivity contribution in [2.24, 2.45) is 0 Å². The molecule has 0 aliphatic heterocycles. The molecule has 0 aliphatic carbocycles. The first-order chi connectivity index (χ1) is 8.32. The molecule has 0 aliphatic rings. The zero-order valence-corrected chi connectivity index (χ0v) is 9.74. The van der Waals surface area contributed by atoms with Crippen LogP contribution < -0.4 is 0 Å². The van der Waals surface area contributed by atoms with Crippen molar-refractivity contribution in [3.8, 4) is 0 Å². The van der Waals surface area contributed by atoms with Gasteiger partial charge in [-0.15, -0.1) is 0 Å². The van der Waals surface area contributed by atoms with Crippen LogP contribution in [0.15, 0.2) is 53.7 Å². The van der Waals surface area contributed by atoms with Gasteiger partial charge < -0.3 is 0 Å². The highest BCUT2D eigenvalue weighted by atomic mass is 32.2. The molecule has 3 nitrogen and oxygen atoms in total. The molecule has 18 heavy (non-hydrogen) atoms. The van der Waals surface area contributed by atoms with E-state index in [0.29, 0.717) is 6.07 Å². The van der Waals surface area contributed by atoms with Crippen molar-refractivity contribution < 1.29 is 21.6 Å². The number of hydrogen-bond donors (Lipinski definition) is 0. The highest BCUT2D eigenvalue weighted by molar-refractivity contribution is 7.90. The van der Waals surface area contributed by atoms with E-state index >= 15 is 0 Å². The van der Waals surface area contributed by atoms with Crippen molar-refractivity contribution in [2.75, 3.05) is 0 Å². The molecule has 1 aromatic carbocycles. The summed E-state index contributed by atoms with van der Waals surface area (Å²) in [5.41, 5.74) is -0.990. The Morgan fingerprint density at radius 1 is 1.00 bits per heavy atom. The first-order valence-corrected chi connectivity index (χ1v) is 6.31. The normalized spacial score (nSPS) is 12.6. The zero-order chi connectivity index (χ0) is 13.4. The summed E-state index contributed by atoms with van der Waals surface area (Å²) < 4.78 is 62.3. The Kier molecular flexibility index (Phi) is 2.94. The highest BCUT2D eigenvalue weighted by Gasteiger charge is 2.31. The van der Waals surface area contributed by atoms with Gasteiger partial charge in [0.05, 0.1) is 10.5 Å². The molecule has 0 amide bonds. The van der Waals surface area contributed by atoms with Gasteiger partial charge in [-0.3, -0.25) is 0 Å². The quantitative estimate of drug-likeness (QED) is 0.845. The molecule has 0 atom stereocenters. The van der Waals surface area contributed by atoms with Gasteiger partial charge in [-0.05, 0) is 30.3 Å². The van der Waals surface area contributed by atoms with Crippen LogP contribution in [0, 0.1) is 0 Å². The van der Waals surface area contributed by atoms with E-state index in [1.165, 1.54) is 24.5 Å². The topological polar surface area (TPSA) is 39.1 Å². The van der Waals surface area contributed by atoms with Gasteiger partial charge in [0.2, 0.25) is 0 Å². The van der Waals surface area contributed by atoms with Crippen LogP contribution in [0.5, 0.6) is 0 Å². The second-order valence-corrected chi connectivity index (χ2v) is 5.39. The predicted molar refractivity (Wildman–Crippen MR) is 58.5 cm³/mol. The van der Waals surface area contributed by atoms with Gasteiger partial charge in [-0.25, -0.2) is 12.4 Å². The molecule has 0 saturated carbocycles. The Balaban J connectivity index is 2.54. The Morgan fingerprint density at radius 2 is 1.61 bits per heavy atom. The van der Waals surface area contributed by atoms with Crippen LogP contribution in [0.2, 0.25) is 0 Å². The standard InChI is InChI=1S/C11H8F3NO2S/c12-11(13,14)9-4-3-5-10(8-9)18(16,17)15-6-1-2-7-15/h1-8H. The maximum absolute atomic E-state index is 12.5. The minimum absolute atomic E-state index is 0.395. The molecule has 0 fully saturated rings. The molecule has 7 heteroatoms. The summed E-state index contributed by atoms with van der Waals surface area (Å²) in [6.07, 6.45) is -2.05. The smallest absolute Gasteiger partial charge is 0.249 e. The lowest BCUT2D eigenvalue weighted by atomic mass is 10.2. The van der Waals surface area contributed by atoms with Crippen LogP contribution in [0.25, 0.3) is 0 Å². The van der Waals surface area contributed by atoms with Crippen molar-refractivity contribution in [2.45, 2.75) is 11.1 Å². The third-order valence-corrected chi connectivity index (χ3v) is 3.96. The van der Waals surface area contributed by atoms with E-state index in [0.717, 1.165) is 22.2 Å². The summed E-state index contributed by atoms with van der Waals surface area (Å²) in [5, 5.41) is 0. The van der Waals surface area contributed by atoms with E-state index in [-0.39, 0.29) is 0 Å². The largest absolute Gasteiger partial charge is 0.416 e. The molecule has 96 valence electrons. The lowest BCUT2D eigenvalue weighted by Gasteiger charge is -2.09. The van der Waals surface area contributed by atoms with Gasteiger partial charge in [0, 0.05) is 12.4 Å². The van der Waals surface area contributed by atoms with E-state index in [2.05, 4.69) is 0 Å². The summed E-state index contributed by atoms with van der Waals surface area (Å²) in [6, 6.07) is 6.60. The second-order valence-electron chi connectivity index (χ2n) is 3.54. The summed E-state index contributed by atoms with van der Waals surface area (Å²) in [4.78, 5) is -0.395. The number of alkyl halides is 3. The van der Waals surface area contributed by atoms with Crippen LogP contribution in [0.3, 0.4) is 0 Å². The molecule has 2 aromatic rings. The van der Waals surface area contributed by atoms with Gasteiger partial charge in [0.15, 0.2) is 0 Å². The third-order valence-electron chi connectivity index (χ3n) is 2.31. The highest BCUT2D eigenvalue weighted by Crippen LogP contribution is 2.30. The lowest BCUT2D eigenvalue weighted by molar-refractivity contribution is -0.137. The Bertz CT molecular complexity index is 645. The SMILES string of the molecule is O=S(=O)(c1cccc(C(F)(F)F)c1)n1cccc1. The Labute approximate surface area is 102 Å². The van der Waals surface area contributed by atoms with Crippen molar-refractivity contribution in [3.05, 3.63) is 54.4 Å². The number of rotatable bonds is 2. The fourth-order valence-electron chi connectivity index (χ4n) is 1.43. The first-order valence-electron chi connectivity index (χ1n) is 4.87. The minimum atomic E-state index is -4.57. The first kappa shape index (κ1) is 12.7. The van der Waals surface area contributed by atoms with Gasteiger partial charge in [-0.1, -0.05) is 6.07 Å². The Hall–Kier alpha value is -1.76. The maximum atomic E-state index is 12.5. The molecule has 0 spiro atoms. The predicted octanol–water partition coefficient (Wildman–Crippen LogP) is 2.74. The van der Waals surface area contributed by atoms with Crippen molar-refractivity contribution in [1.82, 2.24) is 3.97 Å². The average Bonchev–Trinajstić information content (AvgIpc) is 2.82. The van der Waals surface area contributed by atoms with Crippen LogP contribution in [0.4, 0.5) is 13.2 Å². The number of benzene rings is 1. The van der Waals surface area contributed by atoms with Crippen molar-refractivity contribution >= 4 is 10.0 Å². The molecule has 0 unspecified atom stereocenters. The van der Waals surface area contributed by atoms with E-state index in [1.54, 1.807) is 0 Å². The summed E-state index contributed by atoms with van der Waals surface area (Å²) in [5.74, 6) is 0.